The summed E-state index contributed by atoms with van der Waals surface area (Å²) in [5.74, 6) is 0. The number of rotatable bonds is 2. The molecule has 0 saturated carbocycles. The summed E-state index contributed by atoms with van der Waals surface area (Å²) in [5.41, 5.74) is 8.10. The van der Waals surface area contributed by atoms with Crippen molar-refractivity contribution < 1.29 is 0 Å². The van der Waals surface area contributed by atoms with E-state index in [0.29, 0.717) is 5.69 Å². The van der Waals surface area contributed by atoms with Crippen molar-refractivity contribution in [3.8, 4) is 11.3 Å². The Balaban J connectivity index is 2.53. The normalized spacial score (nSPS) is 10.2. The number of benzene rings is 1. The van der Waals surface area contributed by atoms with Gasteiger partial charge in [-0.2, -0.15) is 5.10 Å². The monoisotopic (exact) mass is 245 g/mol. The van der Waals surface area contributed by atoms with E-state index in [1.54, 1.807) is 6.07 Å². The number of nitrogens with two attached hydrogens (primary N) is 1. The second-order valence-corrected chi connectivity index (χ2v) is 4.17. The summed E-state index contributed by atoms with van der Waals surface area (Å²) in [6.07, 6.45) is 0. The second-order valence-electron chi connectivity index (χ2n) is 3.73. The predicted octanol–water partition coefficient (Wildman–Crippen LogP) is 1.38. The number of hydrogen-bond donors (Lipinski definition) is 2. The predicted molar refractivity (Wildman–Crippen MR) is 70.9 cm³/mol. The van der Waals surface area contributed by atoms with Crippen LogP contribution in [0, 0.1) is 6.92 Å². The fourth-order valence-electron chi connectivity index (χ4n) is 1.46. The Morgan fingerprint density at radius 1 is 1.35 bits per heavy atom. The number of aryl methyl sites for hydroxylation is 1. The van der Waals surface area contributed by atoms with Crippen molar-refractivity contribution in [3.63, 3.8) is 0 Å². The molecule has 4 nitrogen and oxygen atoms in total. The summed E-state index contributed by atoms with van der Waals surface area (Å²) < 4.78 is 0. The van der Waals surface area contributed by atoms with Crippen molar-refractivity contribution in [2.75, 3.05) is 0 Å². The van der Waals surface area contributed by atoms with Crippen LogP contribution in [0.15, 0.2) is 35.1 Å². The molecule has 0 saturated heterocycles. The third kappa shape index (κ3) is 2.39. The Morgan fingerprint density at radius 2 is 2.00 bits per heavy atom. The minimum Gasteiger partial charge on any atom is -0.389 e. The smallest absolute Gasteiger partial charge is 0.274 e. The van der Waals surface area contributed by atoms with Crippen LogP contribution in [0.25, 0.3) is 11.3 Å². The largest absolute Gasteiger partial charge is 0.389 e. The molecule has 0 atom stereocenters. The van der Waals surface area contributed by atoms with Crippen molar-refractivity contribution in [1.82, 2.24) is 10.2 Å². The highest BCUT2D eigenvalue weighted by Crippen LogP contribution is 2.16. The zero-order valence-corrected chi connectivity index (χ0v) is 10.0. The zero-order valence-electron chi connectivity index (χ0n) is 9.23. The highest BCUT2D eigenvalue weighted by atomic mass is 32.1. The molecule has 1 aromatic heterocycles. The molecule has 0 amide bonds. The van der Waals surface area contributed by atoms with Crippen LogP contribution in [-0.2, 0) is 0 Å². The number of aromatic nitrogens is 2. The van der Waals surface area contributed by atoms with E-state index in [9.17, 15) is 4.79 Å². The number of nitrogens with zero attached hydrogens (tertiary/aromatic N) is 1. The lowest BCUT2D eigenvalue weighted by Gasteiger charge is -2.03. The Kier molecular flexibility index (Phi) is 3.01. The number of thiocarbonyl (C=S) groups is 1. The van der Waals surface area contributed by atoms with E-state index in [4.69, 9.17) is 18.0 Å². The molecule has 0 fully saturated rings. The molecular formula is C12H11N3OS. The minimum atomic E-state index is -0.367. The molecule has 3 N–H and O–H groups in total. The molecule has 2 aromatic rings. The van der Waals surface area contributed by atoms with E-state index in [2.05, 4.69) is 10.2 Å². The number of aromatic amines is 1. The van der Waals surface area contributed by atoms with Crippen molar-refractivity contribution in [3.05, 3.63) is 51.8 Å². The van der Waals surface area contributed by atoms with Gasteiger partial charge in [0.25, 0.3) is 5.56 Å². The van der Waals surface area contributed by atoms with Crippen LogP contribution >= 0.6 is 12.2 Å². The molecule has 0 aliphatic heterocycles. The van der Waals surface area contributed by atoms with E-state index >= 15 is 0 Å². The van der Waals surface area contributed by atoms with Gasteiger partial charge >= 0.3 is 0 Å². The van der Waals surface area contributed by atoms with Gasteiger partial charge in [0.1, 0.15) is 4.99 Å². The van der Waals surface area contributed by atoms with Gasteiger partial charge in [0.15, 0.2) is 0 Å². The highest BCUT2D eigenvalue weighted by molar-refractivity contribution is 7.80. The van der Waals surface area contributed by atoms with Gasteiger partial charge in [-0.05, 0) is 13.0 Å². The van der Waals surface area contributed by atoms with Crippen LogP contribution in [0.5, 0.6) is 0 Å². The van der Waals surface area contributed by atoms with Crippen LogP contribution in [-0.4, -0.2) is 15.2 Å². The first-order valence-corrected chi connectivity index (χ1v) is 5.45. The molecule has 0 bridgehead atoms. The maximum absolute atomic E-state index is 11.4. The molecule has 0 radical (unpaired) electrons. The molecule has 0 unspecified atom stereocenters. The van der Waals surface area contributed by atoms with Crippen LogP contribution < -0.4 is 11.3 Å². The van der Waals surface area contributed by atoms with Gasteiger partial charge < -0.3 is 5.73 Å². The Hall–Kier alpha value is -2.01. The lowest BCUT2D eigenvalue weighted by atomic mass is 10.1. The van der Waals surface area contributed by atoms with E-state index in [0.717, 1.165) is 11.1 Å². The summed E-state index contributed by atoms with van der Waals surface area (Å²) in [5, 5.41) is 6.36. The minimum absolute atomic E-state index is 0.0713. The standard InChI is InChI=1S/C12H11N3OS/c1-7-2-4-8(5-3-7)10-6-9(11(13)17)12(16)15-14-10/h2-6H,1H3,(H2,13,17)(H,15,16). The van der Waals surface area contributed by atoms with Crippen molar-refractivity contribution in [2.24, 2.45) is 5.73 Å². The summed E-state index contributed by atoms with van der Waals surface area (Å²) in [6, 6.07) is 9.41. The molecule has 5 heteroatoms. The van der Waals surface area contributed by atoms with E-state index in [1.807, 2.05) is 31.2 Å². The third-order valence-electron chi connectivity index (χ3n) is 2.42. The molecule has 2 rings (SSSR count). The maximum atomic E-state index is 11.4. The molecular weight excluding hydrogens is 234 g/mol. The average molecular weight is 245 g/mol. The van der Waals surface area contributed by atoms with E-state index in [1.165, 1.54) is 0 Å². The van der Waals surface area contributed by atoms with E-state index in [-0.39, 0.29) is 16.1 Å². The van der Waals surface area contributed by atoms with Crippen molar-refractivity contribution in [2.45, 2.75) is 6.92 Å². The van der Waals surface area contributed by atoms with Gasteiger partial charge in [0, 0.05) is 5.56 Å². The number of H-pyrrole nitrogens is 1. The number of nitrogens with one attached hydrogen (secondary N) is 1. The Labute approximate surface area is 103 Å². The van der Waals surface area contributed by atoms with Crippen LogP contribution in [0.3, 0.4) is 0 Å². The fourth-order valence-corrected chi connectivity index (χ4v) is 1.61. The highest BCUT2D eigenvalue weighted by Gasteiger charge is 2.07. The van der Waals surface area contributed by atoms with Crippen molar-refractivity contribution >= 4 is 17.2 Å². The average Bonchev–Trinajstić information content (AvgIpc) is 2.30. The molecule has 86 valence electrons. The van der Waals surface area contributed by atoms with Gasteiger partial charge in [-0.1, -0.05) is 42.0 Å². The van der Waals surface area contributed by atoms with Crippen molar-refractivity contribution in [1.29, 1.82) is 0 Å². The quantitative estimate of drug-likeness (QED) is 0.784. The van der Waals surface area contributed by atoms with Crippen LogP contribution in [0.1, 0.15) is 11.1 Å². The molecule has 0 spiro atoms. The molecule has 17 heavy (non-hydrogen) atoms. The summed E-state index contributed by atoms with van der Waals surface area (Å²) >= 11 is 4.81. The summed E-state index contributed by atoms with van der Waals surface area (Å²) in [7, 11) is 0. The first-order valence-electron chi connectivity index (χ1n) is 5.04. The van der Waals surface area contributed by atoms with E-state index < -0.39 is 0 Å². The lowest BCUT2D eigenvalue weighted by molar-refractivity contribution is 0.990. The molecule has 1 heterocycles. The second kappa shape index (κ2) is 4.47. The third-order valence-corrected chi connectivity index (χ3v) is 2.64. The van der Waals surface area contributed by atoms with Crippen LogP contribution in [0.2, 0.25) is 0 Å². The first-order chi connectivity index (χ1) is 8.08. The van der Waals surface area contributed by atoms with Crippen LogP contribution in [0.4, 0.5) is 0 Å². The lowest BCUT2D eigenvalue weighted by Crippen LogP contribution is -2.23. The number of hydrogen-bond acceptors (Lipinski definition) is 3. The maximum Gasteiger partial charge on any atom is 0.274 e. The fraction of sp³-hybridized carbons (Fsp3) is 0.0833. The van der Waals surface area contributed by atoms with Gasteiger partial charge in [-0.15, -0.1) is 0 Å². The van der Waals surface area contributed by atoms with Gasteiger partial charge in [-0.25, -0.2) is 5.10 Å². The first kappa shape index (κ1) is 11.5. The summed E-state index contributed by atoms with van der Waals surface area (Å²) in [6.45, 7) is 2.00. The Bertz CT molecular complexity index is 616. The molecule has 0 aliphatic carbocycles. The van der Waals surface area contributed by atoms with Gasteiger partial charge in [0.05, 0.1) is 11.3 Å². The Morgan fingerprint density at radius 3 is 2.59 bits per heavy atom. The molecule has 1 aromatic carbocycles. The SMILES string of the molecule is Cc1ccc(-c2cc(C(N)=S)c(=O)[nH]n2)cc1. The summed E-state index contributed by atoms with van der Waals surface area (Å²) in [4.78, 5) is 11.5. The van der Waals surface area contributed by atoms with Gasteiger partial charge in [0.2, 0.25) is 0 Å². The molecule has 0 aliphatic rings. The topological polar surface area (TPSA) is 71.8 Å². The zero-order chi connectivity index (χ0) is 12.4. The van der Waals surface area contributed by atoms with Gasteiger partial charge in [-0.3, -0.25) is 4.79 Å².